The lowest BCUT2D eigenvalue weighted by molar-refractivity contribution is -0.146. The predicted octanol–water partition coefficient (Wildman–Crippen LogP) is 3.63. The number of halogens is 4. The van der Waals surface area contributed by atoms with Gasteiger partial charge in [0.1, 0.15) is 5.82 Å². The van der Waals surface area contributed by atoms with E-state index >= 15 is 0 Å². The summed E-state index contributed by atoms with van der Waals surface area (Å²) >= 11 is 5.87. The molecule has 11 heteroatoms. The minimum Gasteiger partial charge on any atom is -0.478 e. The van der Waals surface area contributed by atoms with Crippen molar-refractivity contribution in [3.8, 4) is 0 Å². The second kappa shape index (κ2) is 8.87. The van der Waals surface area contributed by atoms with Gasteiger partial charge in [0.05, 0.1) is 18.0 Å². The zero-order chi connectivity index (χ0) is 20.9. The summed E-state index contributed by atoms with van der Waals surface area (Å²) in [6, 6.07) is 3.42. The van der Waals surface area contributed by atoms with E-state index in [9.17, 15) is 27.9 Å². The van der Waals surface area contributed by atoms with Gasteiger partial charge in [0.15, 0.2) is 0 Å². The first kappa shape index (κ1) is 21.4. The molecule has 2 N–H and O–H groups in total. The second-order valence-electron chi connectivity index (χ2n) is 5.70. The number of carboxylic acid groups (broad SMARTS) is 1. The Morgan fingerprint density at radius 1 is 1.29 bits per heavy atom. The minimum absolute atomic E-state index is 0.168. The van der Waals surface area contributed by atoms with Crippen LogP contribution < -0.4 is 5.32 Å². The van der Waals surface area contributed by atoms with E-state index in [1.54, 1.807) is 6.07 Å². The van der Waals surface area contributed by atoms with E-state index < -0.39 is 35.9 Å². The van der Waals surface area contributed by atoms with Gasteiger partial charge in [-0.1, -0.05) is 17.7 Å². The lowest BCUT2D eigenvalue weighted by Gasteiger charge is -2.19. The molecule has 2 aromatic rings. The highest BCUT2D eigenvalue weighted by Crippen LogP contribution is 2.33. The van der Waals surface area contributed by atoms with E-state index in [0.717, 1.165) is 18.2 Å². The monoisotopic (exact) mass is 417 g/mol. The summed E-state index contributed by atoms with van der Waals surface area (Å²) in [5.74, 6) is -1.23. The van der Waals surface area contributed by atoms with Crippen LogP contribution in [0.15, 0.2) is 36.7 Å². The number of rotatable bonds is 6. The average molecular weight is 418 g/mol. The van der Waals surface area contributed by atoms with Crippen molar-refractivity contribution in [3.63, 3.8) is 0 Å². The van der Waals surface area contributed by atoms with E-state index in [1.165, 1.54) is 19.3 Å². The van der Waals surface area contributed by atoms with Gasteiger partial charge in [-0.15, -0.1) is 0 Å². The number of amides is 1. The van der Waals surface area contributed by atoms with Gasteiger partial charge >= 0.3 is 18.2 Å². The number of aliphatic carboxylic acids is 1. The van der Waals surface area contributed by atoms with Crippen molar-refractivity contribution in [1.29, 1.82) is 0 Å². The van der Waals surface area contributed by atoms with Gasteiger partial charge in [-0.2, -0.15) is 13.2 Å². The number of carbonyl (C=O) groups excluding carboxylic acids is 1. The van der Waals surface area contributed by atoms with E-state index in [4.69, 9.17) is 16.3 Å². The van der Waals surface area contributed by atoms with Crippen molar-refractivity contribution in [1.82, 2.24) is 15.3 Å². The van der Waals surface area contributed by atoms with Crippen molar-refractivity contribution >= 4 is 23.7 Å². The van der Waals surface area contributed by atoms with E-state index in [0.29, 0.717) is 0 Å². The third-order valence-corrected chi connectivity index (χ3v) is 3.97. The average Bonchev–Trinajstić information content (AvgIpc) is 2.60. The highest BCUT2D eigenvalue weighted by Gasteiger charge is 2.31. The van der Waals surface area contributed by atoms with E-state index in [1.807, 2.05) is 0 Å². The molecule has 2 rings (SSSR count). The molecule has 0 saturated carbocycles. The molecule has 1 aromatic carbocycles. The molecule has 2 unspecified atom stereocenters. The van der Waals surface area contributed by atoms with Gasteiger partial charge in [0.25, 0.3) is 0 Å². The summed E-state index contributed by atoms with van der Waals surface area (Å²) in [5.41, 5.74) is -0.713. The van der Waals surface area contributed by atoms with Crippen molar-refractivity contribution in [3.05, 3.63) is 58.6 Å². The van der Waals surface area contributed by atoms with Crippen molar-refractivity contribution < 1.29 is 32.6 Å². The maximum atomic E-state index is 12.7. The zero-order valence-corrected chi connectivity index (χ0v) is 15.2. The Morgan fingerprint density at radius 2 is 1.93 bits per heavy atom. The molecule has 0 radical (unpaired) electrons. The molecule has 2 atom stereocenters. The van der Waals surface area contributed by atoms with Crippen LogP contribution in [0.1, 0.15) is 29.9 Å². The predicted molar refractivity (Wildman–Crippen MR) is 91.6 cm³/mol. The van der Waals surface area contributed by atoms with Gasteiger partial charge in [0.2, 0.25) is 6.10 Å². The summed E-state index contributed by atoms with van der Waals surface area (Å²) in [7, 11) is 0. The highest BCUT2D eigenvalue weighted by molar-refractivity contribution is 6.31. The molecule has 1 heterocycles. The molecular formula is C17H15ClF3N3O4. The number of hydrogen-bond acceptors (Lipinski definition) is 5. The van der Waals surface area contributed by atoms with Gasteiger partial charge < -0.3 is 15.2 Å². The number of aromatic nitrogens is 2. The number of ether oxygens (including phenoxy) is 1. The molecule has 0 aliphatic heterocycles. The van der Waals surface area contributed by atoms with Crippen LogP contribution in [0.5, 0.6) is 0 Å². The van der Waals surface area contributed by atoms with E-state index in [-0.39, 0.29) is 22.8 Å². The van der Waals surface area contributed by atoms with Crippen LogP contribution in [-0.4, -0.2) is 33.2 Å². The Bertz CT molecular complexity index is 849. The van der Waals surface area contributed by atoms with Crippen molar-refractivity contribution in [2.24, 2.45) is 0 Å². The van der Waals surface area contributed by atoms with Gasteiger partial charge in [-0.25, -0.2) is 19.6 Å². The van der Waals surface area contributed by atoms with Gasteiger partial charge in [-0.05, 0) is 30.7 Å². The Labute approximate surface area is 162 Å². The number of benzene rings is 1. The van der Waals surface area contributed by atoms with Crippen LogP contribution in [0.2, 0.25) is 5.02 Å². The number of nitrogens with zero attached hydrogens (tertiary/aromatic N) is 2. The Balaban J connectivity index is 2.03. The molecule has 1 aromatic heterocycles. The maximum absolute atomic E-state index is 12.7. The number of nitrogens with one attached hydrogen (secondary N) is 1. The number of hydrogen-bond donors (Lipinski definition) is 2. The summed E-state index contributed by atoms with van der Waals surface area (Å²) in [6.45, 7) is 1.46. The normalized spacial score (nSPS) is 13.5. The van der Waals surface area contributed by atoms with Crippen LogP contribution in [0.3, 0.4) is 0 Å². The molecular weight excluding hydrogens is 403 g/mol. The lowest BCUT2D eigenvalue weighted by Crippen LogP contribution is -2.36. The van der Waals surface area contributed by atoms with Crippen LogP contribution in [0.4, 0.5) is 18.0 Å². The van der Waals surface area contributed by atoms with Crippen LogP contribution >= 0.6 is 11.6 Å². The van der Waals surface area contributed by atoms with Gasteiger partial charge in [0, 0.05) is 17.4 Å². The molecule has 0 aliphatic rings. The first-order valence-electron chi connectivity index (χ1n) is 7.90. The Morgan fingerprint density at radius 3 is 2.46 bits per heavy atom. The Kier molecular flexibility index (Phi) is 6.79. The first-order chi connectivity index (χ1) is 13.1. The molecule has 0 saturated heterocycles. The van der Waals surface area contributed by atoms with Crippen molar-refractivity contribution in [2.45, 2.75) is 31.7 Å². The summed E-state index contributed by atoms with van der Waals surface area (Å²) in [5, 5.41) is 11.3. The Hall–Kier alpha value is -2.88. The number of carbonyl (C=O) groups is 2. The standard InChI is InChI=1S/C17H15ClF3N3O4/c1-9(11-4-3-10(7-12(11)18)17(19,20)21)24-16(27)28-13(15(25)26)8-14-22-5-2-6-23-14/h2-7,9,13H,8H2,1H3,(H,24,27)(H,25,26). The molecule has 0 aliphatic carbocycles. The SMILES string of the molecule is CC(NC(=O)OC(Cc1ncccn1)C(=O)O)c1ccc(C(F)(F)F)cc1Cl. The zero-order valence-electron chi connectivity index (χ0n) is 14.4. The molecule has 28 heavy (non-hydrogen) atoms. The third-order valence-electron chi connectivity index (χ3n) is 3.64. The fourth-order valence-corrected chi connectivity index (χ4v) is 2.60. The minimum atomic E-state index is -4.55. The van der Waals surface area contributed by atoms with Gasteiger partial charge in [-0.3, -0.25) is 0 Å². The summed E-state index contributed by atoms with van der Waals surface area (Å²) in [6.07, 6.45) is -4.60. The quantitative estimate of drug-likeness (QED) is 0.744. The van der Waals surface area contributed by atoms with Crippen LogP contribution in [0.25, 0.3) is 0 Å². The first-order valence-corrected chi connectivity index (χ1v) is 8.28. The molecule has 0 fully saturated rings. The van der Waals surface area contributed by atoms with Crippen LogP contribution in [-0.2, 0) is 22.1 Å². The van der Waals surface area contributed by atoms with E-state index in [2.05, 4.69) is 15.3 Å². The smallest absolute Gasteiger partial charge is 0.416 e. The van der Waals surface area contributed by atoms with Crippen molar-refractivity contribution in [2.75, 3.05) is 0 Å². The largest absolute Gasteiger partial charge is 0.478 e. The number of alkyl carbamates (subject to hydrolysis) is 1. The second-order valence-corrected chi connectivity index (χ2v) is 6.11. The highest BCUT2D eigenvalue weighted by atomic mass is 35.5. The lowest BCUT2D eigenvalue weighted by atomic mass is 10.1. The molecule has 150 valence electrons. The fourth-order valence-electron chi connectivity index (χ4n) is 2.25. The molecule has 7 nitrogen and oxygen atoms in total. The number of carboxylic acids is 1. The molecule has 1 amide bonds. The maximum Gasteiger partial charge on any atom is 0.416 e. The topological polar surface area (TPSA) is 101 Å². The fraction of sp³-hybridized carbons (Fsp3) is 0.294. The number of alkyl halides is 3. The molecule has 0 bridgehead atoms. The van der Waals surface area contributed by atoms with Crippen LogP contribution in [0, 0.1) is 0 Å². The third kappa shape index (κ3) is 5.81. The summed E-state index contributed by atoms with van der Waals surface area (Å²) in [4.78, 5) is 31.0. The molecule has 0 spiro atoms. The summed E-state index contributed by atoms with van der Waals surface area (Å²) < 4.78 is 43.0.